The van der Waals surface area contributed by atoms with Gasteiger partial charge >= 0.3 is 6.09 Å². The number of nitrogens with one attached hydrogen (secondary N) is 1. The molecule has 0 spiro atoms. The Morgan fingerprint density at radius 3 is 2.74 bits per heavy atom. The van der Waals surface area contributed by atoms with Crippen molar-refractivity contribution in [3.8, 4) is 0 Å². The Bertz CT molecular complexity index is 560. The lowest BCUT2D eigenvalue weighted by atomic mass is 10.1. The molecular weight excluding hydrogens is 380 g/mol. The lowest BCUT2D eigenvalue weighted by molar-refractivity contribution is 0.0256. The molecule has 128 valence electrons. The lowest BCUT2D eigenvalue weighted by Crippen LogP contribution is -2.37. The zero-order chi connectivity index (χ0) is 17.0. The predicted molar refractivity (Wildman–Crippen MR) is 98.2 cm³/mol. The molecule has 1 fully saturated rings. The summed E-state index contributed by atoms with van der Waals surface area (Å²) in [4.78, 5) is 14.0. The van der Waals surface area contributed by atoms with Crippen molar-refractivity contribution in [1.29, 1.82) is 0 Å². The van der Waals surface area contributed by atoms with E-state index in [9.17, 15) is 4.79 Å². The molecule has 6 heteroatoms. The van der Waals surface area contributed by atoms with Crippen molar-refractivity contribution in [1.82, 2.24) is 4.90 Å². The minimum absolute atomic E-state index is 0.222. The predicted octanol–water partition coefficient (Wildman–Crippen LogP) is 5.30. The summed E-state index contributed by atoms with van der Waals surface area (Å²) in [5.74, 6) is 0. The number of carbonyl (C=O) groups excluding carboxylic acids is 1. The van der Waals surface area contributed by atoms with Crippen LogP contribution in [0.4, 0.5) is 10.5 Å². The van der Waals surface area contributed by atoms with Gasteiger partial charge in [0.15, 0.2) is 0 Å². The third-order valence-corrected chi connectivity index (χ3v) is 4.48. The first-order valence-corrected chi connectivity index (χ1v) is 9.11. The second kappa shape index (κ2) is 7.75. The molecule has 4 nitrogen and oxygen atoms in total. The average molecular weight is 404 g/mol. The Morgan fingerprint density at radius 2 is 2.09 bits per heavy atom. The van der Waals surface area contributed by atoms with Gasteiger partial charge in [0.25, 0.3) is 0 Å². The molecule has 1 aromatic carbocycles. The second-order valence-corrected chi connectivity index (χ2v) is 8.19. The largest absolute Gasteiger partial charge is 0.444 e. The van der Waals surface area contributed by atoms with Crippen LogP contribution in [-0.2, 0) is 4.74 Å². The van der Waals surface area contributed by atoms with E-state index in [-0.39, 0.29) is 6.09 Å². The molecule has 0 saturated carbocycles. The van der Waals surface area contributed by atoms with E-state index < -0.39 is 5.60 Å². The van der Waals surface area contributed by atoms with Crippen LogP contribution in [0.1, 0.15) is 40.0 Å². The van der Waals surface area contributed by atoms with Gasteiger partial charge in [-0.25, -0.2) is 4.79 Å². The number of ether oxygens (including phenoxy) is 1. The van der Waals surface area contributed by atoms with Gasteiger partial charge in [0.05, 0.1) is 10.7 Å². The van der Waals surface area contributed by atoms with Crippen molar-refractivity contribution < 1.29 is 9.53 Å². The first-order valence-electron chi connectivity index (χ1n) is 7.94. The summed E-state index contributed by atoms with van der Waals surface area (Å²) in [6.45, 7) is 7.11. The Balaban J connectivity index is 1.92. The van der Waals surface area contributed by atoms with Gasteiger partial charge in [-0.05, 0) is 58.2 Å². The van der Waals surface area contributed by atoms with Crippen molar-refractivity contribution in [3.63, 3.8) is 0 Å². The van der Waals surface area contributed by atoms with Gasteiger partial charge in [0.2, 0.25) is 0 Å². The molecule has 1 unspecified atom stereocenters. The molecule has 1 aliphatic heterocycles. The number of likely N-dealkylation sites (tertiary alicyclic amines) is 1. The van der Waals surface area contributed by atoms with E-state index >= 15 is 0 Å². The molecule has 0 radical (unpaired) electrons. The minimum Gasteiger partial charge on any atom is -0.444 e. The summed E-state index contributed by atoms with van der Waals surface area (Å²) < 4.78 is 6.42. The molecule has 1 aliphatic rings. The number of hydrogen-bond acceptors (Lipinski definition) is 3. The quantitative estimate of drug-likeness (QED) is 0.728. The highest BCUT2D eigenvalue weighted by Gasteiger charge is 2.25. The summed E-state index contributed by atoms with van der Waals surface area (Å²) in [6.07, 6.45) is 2.61. The van der Waals surface area contributed by atoms with Crippen molar-refractivity contribution >= 4 is 39.3 Å². The number of halogens is 2. The Kier molecular flexibility index (Phi) is 6.20. The van der Waals surface area contributed by atoms with Crippen LogP contribution < -0.4 is 5.32 Å². The van der Waals surface area contributed by atoms with Crippen LogP contribution in [0.3, 0.4) is 0 Å². The van der Waals surface area contributed by atoms with E-state index in [0.717, 1.165) is 36.0 Å². The molecule has 1 heterocycles. The molecule has 2 rings (SSSR count). The maximum atomic E-state index is 12.2. The van der Waals surface area contributed by atoms with Crippen molar-refractivity contribution in [2.45, 2.75) is 51.7 Å². The topological polar surface area (TPSA) is 41.6 Å². The maximum absolute atomic E-state index is 12.2. The Morgan fingerprint density at radius 1 is 1.35 bits per heavy atom. The van der Waals surface area contributed by atoms with Gasteiger partial charge in [0, 0.05) is 23.6 Å². The van der Waals surface area contributed by atoms with Gasteiger partial charge < -0.3 is 15.0 Å². The van der Waals surface area contributed by atoms with Crippen LogP contribution >= 0.6 is 27.5 Å². The van der Waals surface area contributed by atoms with Gasteiger partial charge in [0.1, 0.15) is 5.60 Å². The molecule has 0 aliphatic carbocycles. The molecular formula is C17H24BrClN2O2. The maximum Gasteiger partial charge on any atom is 0.410 e. The smallest absolute Gasteiger partial charge is 0.410 e. The van der Waals surface area contributed by atoms with E-state index in [4.69, 9.17) is 16.3 Å². The number of benzene rings is 1. The van der Waals surface area contributed by atoms with Crippen LogP contribution in [0, 0.1) is 0 Å². The van der Waals surface area contributed by atoms with Gasteiger partial charge in [-0.15, -0.1) is 0 Å². The molecule has 1 atom stereocenters. The molecule has 23 heavy (non-hydrogen) atoms. The SMILES string of the molecule is CC(C)(C)OC(=O)N1CCCC(Nc2ccc(Br)cc2Cl)CC1. The number of nitrogens with zero attached hydrogens (tertiary/aromatic N) is 1. The number of amides is 1. The van der Waals surface area contributed by atoms with E-state index in [1.807, 2.05) is 39.0 Å². The van der Waals surface area contributed by atoms with Crippen LogP contribution in [0.15, 0.2) is 22.7 Å². The highest BCUT2D eigenvalue weighted by atomic mass is 79.9. The van der Waals surface area contributed by atoms with Crippen molar-refractivity contribution in [2.75, 3.05) is 18.4 Å². The zero-order valence-electron chi connectivity index (χ0n) is 13.9. The minimum atomic E-state index is -0.452. The fraction of sp³-hybridized carbons (Fsp3) is 0.588. The van der Waals surface area contributed by atoms with Crippen LogP contribution in [-0.4, -0.2) is 35.7 Å². The van der Waals surface area contributed by atoms with Crippen LogP contribution in [0.2, 0.25) is 5.02 Å². The molecule has 1 aromatic rings. The first kappa shape index (κ1) is 18.4. The molecule has 0 bridgehead atoms. The van der Waals surface area contributed by atoms with Gasteiger partial charge in [-0.1, -0.05) is 27.5 Å². The standard InChI is InChI=1S/C17H24BrClN2O2/c1-17(2,3)23-16(22)21-9-4-5-13(8-10-21)20-15-7-6-12(18)11-14(15)19/h6-7,11,13,20H,4-5,8-10H2,1-3H3. The van der Waals surface area contributed by atoms with Crippen LogP contribution in [0.25, 0.3) is 0 Å². The highest BCUT2D eigenvalue weighted by Crippen LogP contribution is 2.28. The molecule has 1 saturated heterocycles. The number of hydrogen-bond donors (Lipinski definition) is 1. The van der Waals surface area contributed by atoms with Gasteiger partial charge in [-0.3, -0.25) is 0 Å². The third kappa shape index (κ3) is 5.88. The third-order valence-electron chi connectivity index (χ3n) is 3.67. The Hall–Kier alpha value is -0.940. The first-order chi connectivity index (χ1) is 10.7. The van der Waals surface area contributed by atoms with Crippen molar-refractivity contribution in [2.24, 2.45) is 0 Å². The van der Waals surface area contributed by atoms with E-state index in [2.05, 4.69) is 21.2 Å². The van der Waals surface area contributed by atoms with Crippen LogP contribution in [0.5, 0.6) is 0 Å². The fourth-order valence-electron chi connectivity index (χ4n) is 2.58. The second-order valence-electron chi connectivity index (χ2n) is 6.86. The zero-order valence-corrected chi connectivity index (χ0v) is 16.2. The monoisotopic (exact) mass is 402 g/mol. The average Bonchev–Trinajstić information content (AvgIpc) is 2.66. The normalized spacial score (nSPS) is 19.2. The van der Waals surface area contributed by atoms with Crippen molar-refractivity contribution in [3.05, 3.63) is 27.7 Å². The summed E-state index contributed by atoms with van der Waals surface area (Å²) in [6, 6.07) is 6.13. The summed E-state index contributed by atoms with van der Waals surface area (Å²) in [5.41, 5.74) is 0.483. The number of carbonyl (C=O) groups is 1. The van der Waals surface area contributed by atoms with E-state index in [0.29, 0.717) is 17.6 Å². The summed E-state index contributed by atoms with van der Waals surface area (Å²) >= 11 is 9.68. The summed E-state index contributed by atoms with van der Waals surface area (Å²) in [5, 5.41) is 4.19. The van der Waals surface area contributed by atoms with E-state index in [1.54, 1.807) is 4.90 Å². The number of rotatable bonds is 2. The number of anilines is 1. The summed E-state index contributed by atoms with van der Waals surface area (Å²) in [7, 11) is 0. The van der Waals surface area contributed by atoms with E-state index in [1.165, 1.54) is 0 Å². The lowest BCUT2D eigenvalue weighted by Gasteiger charge is -2.26. The molecule has 1 N–H and O–H groups in total. The Labute approximate surface area is 151 Å². The fourth-order valence-corrected chi connectivity index (χ4v) is 3.30. The highest BCUT2D eigenvalue weighted by molar-refractivity contribution is 9.10. The van der Waals surface area contributed by atoms with Gasteiger partial charge in [-0.2, -0.15) is 0 Å². The molecule has 0 aromatic heterocycles. The molecule has 1 amide bonds.